The van der Waals surface area contributed by atoms with Crippen LogP contribution in [0.5, 0.6) is 0 Å². The Morgan fingerprint density at radius 3 is 3.00 bits per heavy atom. The summed E-state index contributed by atoms with van der Waals surface area (Å²) in [5.41, 5.74) is 3.83. The standard InChI is InChI=1S/C15H17N3O/c1-9-4-3-5-11(6-9)16-15-14-12(17-18-15)7-10(2)8-13(14)19/h3-6,10H,7-8H2,1-2H3,(H2,16,17,18). The smallest absolute Gasteiger partial charge is 0.168 e. The van der Waals surface area contributed by atoms with Gasteiger partial charge in [0.1, 0.15) is 0 Å². The molecule has 0 aliphatic heterocycles. The molecule has 1 unspecified atom stereocenters. The van der Waals surface area contributed by atoms with E-state index in [1.807, 2.05) is 31.2 Å². The van der Waals surface area contributed by atoms with Gasteiger partial charge in [-0.05, 0) is 37.0 Å². The molecule has 3 rings (SSSR count). The number of ketones is 1. The van der Waals surface area contributed by atoms with Gasteiger partial charge >= 0.3 is 0 Å². The first-order valence-corrected chi connectivity index (χ1v) is 6.57. The number of hydrogen-bond donors (Lipinski definition) is 2. The van der Waals surface area contributed by atoms with E-state index in [9.17, 15) is 4.79 Å². The summed E-state index contributed by atoms with van der Waals surface area (Å²) in [6.07, 6.45) is 1.50. The van der Waals surface area contributed by atoms with Crippen LogP contribution < -0.4 is 5.32 Å². The van der Waals surface area contributed by atoms with Crippen LogP contribution in [0.3, 0.4) is 0 Å². The van der Waals surface area contributed by atoms with E-state index in [2.05, 4.69) is 22.4 Å². The Morgan fingerprint density at radius 1 is 1.37 bits per heavy atom. The van der Waals surface area contributed by atoms with Crippen LogP contribution in [0.1, 0.15) is 35.0 Å². The molecule has 4 heteroatoms. The average Bonchev–Trinajstić information content (AvgIpc) is 2.72. The Labute approximate surface area is 112 Å². The zero-order valence-corrected chi connectivity index (χ0v) is 11.2. The van der Waals surface area contributed by atoms with Crippen LogP contribution in [0, 0.1) is 12.8 Å². The minimum Gasteiger partial charge on any atom is -0.338 e. The van der Waals surface area contributed by atoms with Crippen molar-refractivity contribution in [3.63, 3.8) is 0 Å². The van der Waals surface area contributed by atoms with Crippen molar-refractivity contribution in [2.45, 2.75) is 26.7 Å². The number of aromatic nitrogens is 2. The molecule has 1 atom stereocenters. The Morgan fingerprint density at radius 2 is 2.21 bits per heavy atom. The molecule has 0 bridgehead atoms. The second-order valence-electron chi connectivity index (χ2n) is 5.36. The minimum absolute atomic E-state index is 0.178. The minimum atomic E-state index is 0.178. The van der Waals surface area contributed by atoms with Gasteiger partial charge in [0, 0.05) is 17.8 Å². The maximum Gasteiger partial charge on any atom is 0.168 e. The maximum absolute atomic E-state index is 12.1. The Hall–Kier alpha value is -2.10. The quantitative estimate of drug-likeness (QED) is 0.866. The number of rotatable bonds is 2. The van der Waals surface area contributed by atoms with Crippen molar-refractivity contribution in [3.8, 4) is 0 Å². The van der Waals surface area contributed by atoms with Gasteiger partial charge in [-0.2, -0.15) is 5.10 Å². The van der Waals surface area contributed by atoms with Crippen LogP contribution in [0.4, 0.5) is 11.5 Å². The highest BCUT2D eigenvalue weighted by atomic mass is 16.1. The average molecular weight is 255 g/mol. The molecule has 1 aromatic carbocycles. The van der Waals surface area contributed by atoms with Crippen LogP contribution in [-0.4, -0.2) is 16.0 Å². The number of benzene rings is 1. The molecule has 0 fully saturated rings. The molecule has 2 N–H and O–H groups in total. The van der Waals surface area contributed by atoms with Crippen molar-refractivity contribution in [2.75, 3.05) is 5.32 Å². The first kappa shape index (κ1) is 12.0. The number of Topliss-reactive ketones (excluding diaryl/α,β-unsaturated/α-hetero) is 1. The predicted molar refractivity (Wildman–Crippen MR) is 74.9 cm³/mol. The van der Waals surface area contributed by atoms with E-state index < -0.39 is 0 Å². The summed E-state index contributed by atoms with van der Waals surface area (Å²) in [5, 5.41) is 10.5. The van der Waals surface area contributed by atoms with Gasteiger partial charge in [-0.25, -0.2) is 0 Å². The van der Waals surface area contributed by atoms with Gasteiger partial charge in [-0.15, -0.1) is 0 Å². The lowest BCUT2D eigenvalue weighted by molar-refractivity contribution is 0.0954. The monoisotopic (exact) mass is 255 g/mol. The van der Waals surface area contributed by atoms with Gasteiger partial charge in [-0.3, -0.25) is 9.89 Å². The molecule has 1 aromatic heterocycles. The number of anilines is 2. The third kappa shape index (κ3) is 2.26. The van der Waals surface area contributed by atoms with E-state index in [1.54, 1.807) is 0 Å². The van der Waals surface area contributed by atoms with E-state index in [0.717, 1.165) is 23.4 Å². The summed E-state index contributed by atoms with van der Waals surface area (Å²) in [7, 11) is 0. The van der Waals surface area contributed by atoms with Crippen LogP contribution in [0.25, 0.3) is 0 Å². The number of carbonyl (C=O) groups excluding carboxylic acids is 1. The van der Waals surface area contributed by atoms with Gasteiger partial charge < -0.3 is 5.32 Å². The van der Waals surface area contributed by atoms with Gasteiger partial charge in [0.25, 0.3) is 0 Å². The molecule has 0 saturated heterocycles. The Kier molecular flexibility index (Phi) is 2.85. The molecular formula is C15H17N3O. The van der Waals surface area contributed by atoms with Crippen LogP contribution in [0.15, 0.2) is 24.3 Å². The van der Waals surface area contributed by atoms with Crippen molar-refractivity contribution >= 4 is 17.3 Å². The number of aryl methyl sites for hydroxylation is 1. The summed E-state index contributed by atoms with van der Waals surface area (Å²) in [6, 6.07) is 8.04. The van der Waals surface area contributed by atoms with Gasteiger partial charge in [0.15, 0.2) is 11.6 Å². The number of hydrogen-bond acceptors (Lipinski definition) is 3. The molecule has 0 spiro atoms. The zero-order chi connectivity index (χ0) is 13.4. The van der Waals surface area contributed by atoms with Gasteiger partial charge in [0.2, 0.25) is 0 Å². The number of carbonyl (C=O) groups is 1. The molecule has 1 heterocycles. The lowest BCUT2D eigenvalue weighted by Crippen LogP contribution is -2.17. The Bertz CT molecular complexity index is 630. The van der Waals surface area contributed by atoms with E-state index in [-0.39, 0.29) is 5.78 Å². The lowest BCUT2D eigenvalue weighted by Gasteiger charge is -2.17. The zero-order valence-electron chi connectivity index (χ0n) is 11.2. The summed E-state index contributed by atoms with van der Waals surface area (Å²) < 4.78 is 0. The normalized spacial score (nSPS) is 18.2. The predicted octanol–water partition coefficient (Wildman–Crippen LogP) is 3.23. The van der Waals surface area contributed by atoms with Gasteiger partial charge in [-0.1, -0.05) is 19.1 Å². The molecule has 0 radical (unpaired) electrons. The summed E-state index contributed by atoms with van der Waals surface area (Å²) >= 11 is 0. The second-order valence-corrected chi connectivity index (χ2v) is 5.36. The molecule has 19 heavy (non-hydrogen) atoms. The van der Waals surface area contributed by atoms with Crippen molar-refractivity contribution in [2.24, 2.45) is 5.92 Å². The van der Waals surface area contributed by atoms with Crippen molar-refractivity contribution in [1.29, 1.82) is 0 Å². The van der Waals surface area contributed by atoms with E-state index in [1.165, 1.54) is 5.56 Å². The molecule has 0 saturated carbocycles. The first-order chi connectivity index (χ1) is 9.13. The third-order valence-electron chi connectivity index (χ3n) is 3.49. The SMILES string of the molecule is Cc1cccc(Nc2n[nH]c3c2C(=O)CC(C)C3)c1. The molecule has 1 aliphatic carbocycles. The fourth-order valence-corrected chi connectivity index (χ4v) is 2.62. The third-order valence-corrected chi connectivity index (χ3v) is 3.49. The number of H-pyrrole nitrogens is 1. The number of fused-ring (bicyclic) bond motifs is 1. The van der Waals surface area contributed by atoms with E-state index in [4.69, 9.17) is 0 Å². The topological polar surface area (TPSA) is 57.8 Å². The molecule has 0 amide bonds. The fourth-order valence-electron chi connectivity index (χ4n) is 2.62. The molecule has 4 nitrogen and oxygen atoms in total. The summed E-state index contributed by atoms with van der Waals surface area (Å²) in [5.74, 6) is 1.22. The molecule has 2 aromatic rings. The number of nitrogens with one attached hydrogen (secondary N) is 2. The first-order valence-electron chi connectivity index (χ1n) is 6.57. The van der Waals surface area contributed by atoms with Gasteiger partial charge in [0.05, 0.1) is 5.56 Å². The van der Waals surface area contributed by atoms with Crippen molar-refractivity contribution in [3.05, 3.63) is 41.1 Å². The maximum atomic E-state index is 12.1. The van der Waals surface area contributed by atoms with Crippen LogP contribution >= 0.6 is 0 Å². The fraction of sp³-hybridized carbons (Fsp3) is 0.333. The molecule has 1 aliphatic rings. The number of nitrogens with zero attached hydrogens (tertiary/aromatic N) is 1. The second kappa shape index (κ2) is 4.53. The van der Waals surface area contributed by atoms with E-state index in [0.29, 0.717) is 18.2 Å². The largest absolute Gasteiger partial charge is 0.338 e. The Balaban J connectivity index is 1.93. The summed E-state index contributed by atoms with van der Waals surface area (Å²) in [6.45, 7) is 4.13. The van der Waals surface area contributed by atoms with Crippen LogP contribution in [0.2, 0.25) is 0 Å². The van der Waals surface area contributed by atoms with Crippen molar-refractivity contribution in [1.82, 2.24) is 10.2 Å². The highest BCUT2D eigenvalue weighted by Gasteiger charge is 2.27. The highest BCUT2D eigenvalue weighted by molar-refractivity contribution is 6.03. The molecular weight excluding hydrogens is 238 g/mol. The van der Waals surface area contributed by atoms with Crippen LogP contribution in [-0.2, 0) is 6.42 Å². The lowest BCUT2D eigenvalue weighted by atomic mass is 9.88. The molecule has 98 valence electrons. The number of aromatic amines is 1. The summed E-state index contributed by atoms with van der Waals surface area (Å²) in [4.78, 5) is 12.1. The van der Waals surface area contributed by atoms with Crippen molar-refractivity contribution < 1.29 is 4.79 Å². The highest BCUT2D eigenvalue weighted by Crippen LogP contribution is 2.30. The van der Waals surface area contributed by atoms with E-state index >= 15 is 0 Å².